The minimum absolute atomic E-state index is 0.0581. The molecule has 1 saturated heterocycles. The smallest absolute Gasteiger partial charge is 0.320 e. The summed E-state index contributed by atoms with van der Waals surface area (Å²) in [4.78, 5) is 13.2. The van der Waals surface area contributed by atoms with Crippen molar-refractivity contribution < 1.29 is 14.6 Å². The van der Waals surface area contributed by atoms with E-state index < -0.39 is 0 Å². The zero-order valence-electron chi connectivity index (χ0n) is 8.90. The first-order valence-electron chi connectivity index (χ1n) is 5.18. The van der Waals surface area contributed by atoms with E-state index >= 15 is 0 Å². The van der Waals surface area contributed by atoms with E-state index in [9.17, 15) is 9.90 Å². The lowest BCUT2D eigenvalue weighted by molar-refractivity contribution is -0.149. The second-order valence-corrected chi connectivity index (χ2v) is 4.07. The van der Waals surface area contributed by atoms with Crippen molar-refractivity contribution in [2.45, 2.75) is 38.9 Å². The molecule has 0 unspecified atom stereocenters. The molecule has 0 aromatic heterocycles. The van der Waals surface area contributed by atoms with Gasteiger partial charge in [0.05, 0.1) is 18.8 Å². The van der Waals surface area contributed by atoms with Gasteiger partial charge in [0.2, 0.25) is 0 Å². The molecule has 0 saturated carbocycles. The normalized spacial score (nSPS) is 23.9. The molecule has 1 atom stereocenters. The summed E-state index contributed by atoms with van der Waals surface area (Å²) in [6, 6.07) is 0. The summed E-state index contributed by atoms with van der Waals surface area (Å²) in [5, 5.41) is 9.38. The summed E-state index contributed by atoms with van der Waals surface area (Å²) >= 11 is 0. The number of hydrogen-bond donors (Lipinski definition) is 1. The van der Waals surface area contributed by atoms with Gasteiger partial charge < -0.3 is 9.84 Å². The van der Waals surface area contributed by atoms with Crippen molar-refractivity contribution in [3.63, 3.8) is 0 Å². The summed E-state index contributed by atoms with van der Waals surface area (Å²) in [6.07, 6.45) is 1.46. The van der Waals surface area contributed by atoms with E-state index in [1.165, 1.54) is 0 Å². The fraction of sp³-hybridized carbons (Fsp3) is 0.900. The number of aliphatic hydroxyl groups excluding tert-OH is 1. The number of carbonyl (C=O) groups is 1. The van der Waals surface area contributed by atoms with E-state index in [1.54, 1.807) is 0 Å². The van der Waals surface area contributed by atoms with Crippen molar-refractivity contribution in [3.8, 4) is 0 Å². The van der Waals surface area contributed by atoms with E-state index in [0.717, 1.165) is 19.4 Å². The zero-order chi connectivity index (χ0) is 10.6. The lowest BCUT2D eigenvalue weighted by atomic mass is 10.1. The molecule has 1 fully saturated rings. The molecule has 0 aromatic rings. The highest BCUT2D eigenvalue weighted by molar-refractivity contribution is 5.71. The third-order valence-electron chi connectivity index (χ3n) is 2.20. The Balaban J connectivity index is 2.25. The van der Waals surface area contributed by atoms with Crippen LogP contribution in [0.15, 0.2) is 0 Å². The highest BCUT2D eigenvalue weighted by Crippen LogP contribution is 2.09. The number of nitrogens with zero attached hydrogens (tertiary/aromatic N) is 1. The molecule has 0 spiro atoms. The molecule has 4 heteroatoms. The van der Waals surface area contributed by atoms with Crippen LogP contribution in [0.5, 0.6) is 0 Å². The molecule has 82 valence electrons. The fourth-order valence-corrected chi connectivity index (χ4v) is 1.66. The number of piperidine rings is 1. The number of carbonyl (C=O) groups excluding carboxylic acids is 1. The lowest BCUT2D eigenvalue weighted by Crippen LogP contribution is -2.41. The van der Waals surface area contributed by atoms with Gasteiger partial charge in [-0.1, -0.05) is 0 Å². The van der Waals surface area contributed by atoms with Crippen LogP contribution in [0.2, 0.25) is 0 Å². The maximum Gasteiger partial charge on any atom is 0.320 e. The first-order valence-corrected chi connectivity index (χ1v) is 5.18. The lowest BCUT2D eigenvalue weighted by Gasteiger charge is -2.29. The van der Waals surface area contributed by atoms with Gasteiger partial charge in [0.1, 0.15) is 0 Å². The summed E-state index contributed by atoms with van der Waals surface area (Å²) in [5.74, 6) is -0.200. The summed E-state index contributed by atoms with van der Waals surface area (Å²) in [5.41, 5.74) is 0. The molecule has 0 amide bonds. The molecular weight excluding hydrogens is 182 g/mol. The maximum atomic E-state index is 11.3. The minimum atomic E-state index is -0.282. The second-order valence-electron chi connectivity index (χ2n) is 4.07. The molecule has 14 heavy (non-hydrogen) atoms. The number of hydrogen-bond acceptors (Lipinski definition) is 4. The van der Waals surface area contributed by atoms with Gasteiger partial charge >= 0.3 is 5.97 Å². The van der Waals surface area contributed by atoms with Crippen LogP contribution in [0, 0.1) is 0 Å². The Morgan fingerprint density at radius 1 is 1.64 bits per heavy atom. The summed E-state index contributed by atoms with van der Waals surface area (Å²) in [6.45, 7) is 5.44. The Morgan fingerprint density at radius 3 is 2.93 bits per heavy atom. The van der Waals surface area contributed by atoms with Gasteiger partial charge in [0.15, 0.2) is 0 Å². The third kappa shape index (κ3) is 4.07. The van der Waals surface area contributed by atoms with Gasteiger partial charge in [-0.3, -0.25) is 9.69 Å². The van der Waals surface area contributed by atoms with Crippen LogP contribution < -0.4 is 0 Å². The average Bonchev–Trinajstić information content (AvgIpc) is 2.01. The monoisotopic (exact) mass is 201 g/mol. The van der Waals surface area contributed by atoms with Gasteiger partial charge in [-0.15, -0.1) is 0 Å². The van der Waals surface area contributed by atoms with Gasteiger partial charge in [0, 0.05) is 6.54 Å². The van der Waals surface area contributed by atoms with Crippen LogP contribution in [0.25, 0.3) is 0 Å². The van der Waals surface area contributed by atoms with Crippen LogP contribution in [0.1, 0.15) is 26.7 Å². The summed E-state index contributed by atoms with van der Waals surface area (Å²) < 4.78 is 5.03. The van der Waals surface area contributed by atoms with E-state index in [4.69, 9.17) is 4.74 Å². The van der Waals surface area contributed by atoms with Crippen molar-refractivity contribution in [1.82, 2.24) is 4.90 Å². The van der Waals surface area contributed by atoms with E-state index in [2.05, 4.69) is 0 Å². The van der Waals surface area contributed by atoms with Crippen LogP contribution in [0.4, 0.5) is 0 Å². The standard InChI is InChI=1S/C10H19NO3/c1-8(2)14-10(13)7-11-5-3-4-9(12)6-11/h8-9,12H,3-7H2,1-2H3/t9-/m0/s1. The van der Waals surface area contributed by atoms with Crippen LogP contribution in [-0.4, -0.2) is 47.8 Å². The van der Waals surface area contributed by atoms with Crippen molar-refractivity contribution in [3.05, 3.63) is 0 Å². The fourth-order valence-electron chi connectivity index (χ4n) is 1.66. The summed E-state index contributed by atoms with van der Waals surface area (Å²) in [7, 11) is 0. The number of β-amino-alcohol motifs (C(OH)–C–C–N with tert-alkyl or cyclic N) is 1. The zero-order valence-corrected chi connectivity index (χ0v) is 8.90. The number of ether oxygens (including phenoxy) is 1. The molecule has 0 aliphatic carbocycles. The Labute approximate surface area is 84.8 Å². The highest BCUT2D eigenvalue weighted by atomic mass is 16.5. The van der Waals surface area contributed by atoms with Crippen LogP contribution in [0.3, 0.4) is 0 Å². The molecule has 1 aliphatic rings. The van der Waals surface area contributed by atoms with Crippen molar-refractivity contribution in [2.75, 3.05) is 19.6 Å². The first-order chi connectivity index (χ1) is 6.58. The van der Waals surface area contributed by atoms with Gasteiger partial charge in [-0.2, -0.15) is 0 Å². The average molecular weight is 201 g/mol. The minimum Gasteiger partial charge on any atom is -0.462 e. The predicted molar refractivity (Wildman–Crippen MR) is 52.9 cm³/mol. The van der Waals surface area contributed by atoms with Crippen LogP contribution >= 0.6 is 0 Å². The quantitative estimate of drug-likeness (QED) is 0.671. The van der Waals surface area contributed by atoms with Gasteiger partial charge in [-0.25, -0.2) is 0 Å². The van der Waals surface area contributed by atoms with Gasteiger partial charge in [0.25, 0.3) is 0 Å². The molecule has 0 bridgehead atoms. The Bertz CT molecular complexity index is 194. The SMILES string of the molecule is CC(C)OC(=O)CN1CCC[C@H](O)C1. The van der Waals surface area contributed by atoms with Gasteiger partial charge in [-0.05, 0) is 33.2 Å². The highest BCUT2D eigenvalue weighted by Gasteiger charge is 2.20. The molecule has 1 aliphatic heterocycles. The molecule has 4 nitrogen and oxygen atoms in total. The Kier molecular flexibility index (Phi) is 4.35. The Hall–Kier alpha value is -0.610. The van der Waals surface area contributed by atoms with E-state index in [0.29, 0.717) is 13.1 Å². The van der Waals surface area contributed by atoms with Crippen molar-refractivity contribution >= 4 is 5.97 Å². The molecule has 1 N–H and O–H groups in total. The maximum absolute atomic E-state index is 11.3. The topological polar surface area (TPSA) is 49.8 Å². The third-order valence-corrected chi connectivity index (χ3v) is 2.20. The number of aliphatic hydroxyl groups is 1. The van der Waals surface area contributed by atoms with Crippen LogP contribution in [-0.2, 0) is 9.53 Å². The largest absolute Gasteiger partial charge is 0.462 e. The predicted octanol–water partition coefficient (Wildman–Crippen LogP) is 0.395. The Morgan fingerprint density at radius 2 is 2.36 bits per heavy atom. The molecular formula is C10H19NO3. The first kappa shape index (κ1) is 11.5. The second kappa shape index (κ2) is 5.32. The molecule has 0 radical (unpaired) electrons. The van der Waals surface area contributed by atoms with Crippen molar-refractivity contribution in [1.29, 1.82) is 0 Å². The number of rotatable bonds is 3. The van der Waals surface area contributed by atoms with Crippen molar-refractivity contribution in [2.24, 2.45) is 0 Å². The molecule has 1 heterocycles. The van der Waals surface area contributed by atoms with E-state index in [1.807, 2.05) is 18.7 Å². The number of esters is 1. The molecule has 1 rings (SSSR count). The van der Waals surface area contributed by atoms with E-state index in [-0.39, 0.29) is 18.2 Å². The molecule has 0 aromatic carbocycles. The number of likely N-dealkylation sites (tertiary alicyclic amines) is 1.